The van der Waals surface area contributed by atoms with E-state index >= 15 is 0 Å². The fourth-order valence-electron chi connectivity index (χ4n) is 1.23. The maximum absolute atomic E-state index is 13.4. The summed E-state index contributed by atoms with van der Waals surface area (Å²) in [7, 11) is -1.75. The molecule has 0 aliphatic rings. The topological polar surface area (TPSA) is 0 Å². The van der Waals surface area contributed by atoms with Crippen molar-refractivity contribution in [2.75, 3.05) is 0 Å². The van der Waals surface area contributed by atoms with E-state index in [1.165, 1.54) is 0 Å². The van der Waals surface area contributed by atoms with Crippen molar-refractivity contribution >= 4 is 13.3 Å². The van der Waals surface area contributed by atoms with Gasteiger partial charge in [-0.3, -0.25) is 0 Å². The van der Waals surface area contributed by atoms with Crippen molar-refractivity contribution < 1.29 is 8.78 Å². The first kappa shape index (κ1) is 10.4. The number of hydrogen-bond acceptors (Lipinski definition) is 0. The van der Waals surface area contributed by atoms with Gasteiger partial charge in [0.15, 0.2) is 11.6 Å². The smallest absolute Gasteiger partial charge is 0.161 e. The number of hydrogen-bond donors (Lipinski definition) is 0. The van der Waals surface area contributed by atoms with Crippen molar-refractivity contribution in [1.29, 1.82) is 0 Å². The summed E-state index contributed by atoms with van der Waals surface area (Å²) in [4.78, 5) is 0. The van der Waals surface area contributed by atoms with Crippen LogP contribution in [-0.4, -0.2) is 8.07 Å². The summed E-state index contributed by atoms with van der Waals surface area (Å²) in [5, 5.41) is 0.565. The maximum atomic E-state index is 13.4. The van der Waals surface area contributed by atoms with E-state index < -0.39 is 19.7 Å². The maximum Gasteiger partial charge on any atom is 0.161 e. The van der Waals surface area contributed by atoms with Crippen molar-refractivity contribution in [2.45, 2.75) is 26.6 Å². The molecule has 0 radical (unpaired) electrons. The zero-order valence-corrected chi connectivity index (χ0v) is 9.41. The van der Waals surface area contributed by atoms with Crippen LogP contribution in [0.15, 0.2) is 12.1 Å². The third kappa shape index (κ3) is 1.96. The van der Waals surface area contributed by atoms with Crippen molar-refractivity contribution in [2.24, 2.45) is 0 Å². The Bertz CT molecular complexity index is 326. The van der Waals surface area contributed by atoms with E-state index in [1.54, 1.807) is 19.1 Å². The lowest BCUT2D eigenvalue weighted by Crippen LogP contribution is -2.40. The average molecular weight is 200 g/mol. The van der Waals surface area contributed by atoms with Gasteiger partial charge in [0.05, 0.1) is 8.07 Å². The minimum Gasteiger partial charge on any atom is -0.204 e. The Morgan fingerprint density at radius 3 is 2.00 bits per heavy atom. The van der Waals surface area contributed by atoms with Gasteiger partial charge >= 0.3 is 0 Å². The minimum atomic E-state index is -1.75. The van der Waals surface area contributed by atoms with Gasteiger partial charge in [-0.2, -0.15) is 0 Å². The molecule has 0 spiro atoms. The molecule has 0 aliphatic heterocycles. The van der Waals surface area contributed by atoms with E-state index in [4.69, 9.17) is 0 Å². The van der Waals surface area contributed by atoms with Crippen molar-refractivity contribution in [3.63, 3.8) is 0 Å². The second kappa shape index (κ2) is 3.22. The molecule has 0 amide bonds. The summed E-state index contributed by atoms with van der Waals surface area (Å²) >= 11 is 0. The number of benzene rings is 1. The summed E-state index contributed by atoms with van der Waals surface area (Å²) in [6.07, 6.45) is 0. The Labute approximate surface area is 78.6 Å². The molecular weight excluding hydrogens is 186 g/mol. The fourth-order valence-corrected chi connectivity index (χ4v) is 2.58. The number of aryl methyl sites for hydroxylation is 1. The largest absolute Gasteiger partial charge is 0.204 e. The highest BCUT2D eigenvalue weighted by Gasteiger charge is 2.23. The Morgan fingerprint density at radius 2 is 1.54 bits per heavy atom. The summed E-state index contributed by atoms with van der Waals surface area (Å²) in [5.41, 5.74) is 0.375. The standard InChI is InChI=1S/C10H14F2Si/c1-7-5-6-8(13(2,3)4)10(12)9(7)11/h5-6H,1-4H3. The van der Waals surface area contributed by atoms with E-state index in [1.807, 2.05) is 19.6 Å². The molecule has 0 aliphatic carbocycles. The molecule has 0 N–H and O–H groups in total. The van der Waals surface area contributed by atoms with Gasteiger partial charge < -0.3 is 0 Å². The van der Waals surface area contributed by atoms with Crippen molar-refractivity contribution in [3.05, 3.63) is 29.3 Å². The Morgan fingerprint density at radius 1 is 1.00 bits per heavy atom. The number of halogens is 2. The molecule has 1 aromatic carbocycles. The molecule has 0 saturated heterocycles. The van der Waals surface area contributed by atoms with E-state index in [2.05, 4.69) is 0 Å². The molecule has 0 bridgehead atoms. The third-order valence-corrected chi connectivity index (χ3v) is 4.09. The highest BCUT2D eigenvalue weighted by molar-refractivity contribution is 6.88. The Kier molecular flexibility index (Phi) is 2.57. The molecule has 1 aromatic rings. The normalized spacial score (nSPS) is 11.8. The molecule has 72 valence electrons. The van der Waals surface area contributed by atoms with Gasteiger partial charge in [-0.05, 0) is 17.7 Å². The fraction of sp³-hybridized carbons (Fsp3) is 0.400. The second-order valence-corrected chi connectivity index (χ2v) is 9.35. The lowest BCUT2D eigenvalue weighted by Gasteiger charge is -2.18. The second-order valence-electron chi connectivity index (χ2n) is 4.31. The van der Waals surface area contributed by atoms with Gasteiger partial charge in [-0.15, -0.1) is 0 Å². The number of rotatable bonds is 1. The zero-order chi connectivity index (χ0) is 10.2. The Hall–Kier alpha value is -0.703. The zero-order valence-electron chi connectivity index (χ0n) is 8.41. The molecule has 0 aromatic heterocycles. The quantitative estimate of drug-likeness (QED) is 0.611. The van der Waals surface area contributed by atoms with Crippen LogP contribution in [0.5, 0.6) is 0 Å². The molecule has 0 heterocycles. The lowest BCUT2D eigenvalue weighted by atomic mass is 10.2. The first-order chi connectivity index (χ1) is 5.84. The molecule has 13 heavy (non-hydrogen) atoms. The van der Waals surface area contributed by atoms with Gasteiger partial charge in [0.2, 0.25) is 0 Å². The van der Waals surface area contributed by atoms with E-state index in [0.29, 0.717) is 10.8 Å². The van der Waals surface area contributed by atoms with Crippen LogP contribution in [-0.2, 0) is 0 Å². The molecule has 1 rings (SSSR count). The SMILES string of the molecule is Cc1ccc([Si](C)(C)C)c(F)c1F. The van der Waals surface area contributed by atoms with Gasteiger partial charge in [-0.1, -0.05) is 31.8 Å². The van der Waals surface area contributed by atoms with Gasteiger partial charge in [-0.25, -0.2) is 8.78 Å². The molecule has 0 fully saturated rings. The van der Waals surface area contributed by atoms with Crippen LogP contribution >= 0.6 is 0 Å². The van der Waals surface area contributed by atoms with Gasteiger partial charge in [0.1, 0.15) is 0 Å². The first-order valence-corrected chi connectivity index (χ1v) is 7.79. The highest BCUT2D eigenvalue weighted by Crippen LogP contribution is 2.12. The minimum absolute atomic E-state index is 0.375. The van der Waals surface area contributed by atoms with E-state index in [-0.39, 0.29) is 0 Å². The van der Waals surface area contributed by atoms with Crippen LogP contribution in [0.1, 0.15) is 5.56 Å². The van der Waals surface area contributed by atoms with Crippen molar-refractivity contribution in [1.82, 2.24) is 0 Å². The predicted octanol–water partition coefficient (Wildman–Crippen LogP) is 2.82. The summed E-state index contributed by atoms with van der Waals surface area (Å²) in [5.74, 6) is -1.35. The van der Waals surface area contributed by atoms with Crippen LogP contribution in [0.3, 0.4) is 0 Å². The van der Waals surface area contributed by atoms with Gasteiger partial charge in [0, 0.05) is 0 Å². The first-order valence-electron chi connectivity index (χ1n) is 4.29. The van der Waals surface area contributed by atoms with Gasteiger partial charge in [0.25, 0.3) is 0 Å². The van der Waals surface area contributed by atoms with E-state index in [0.717, 1.165) is 0 Å². The predicted molar refractivity (Wildman–Crippen MR) is 54.1 cm³/mol. The van der Waals surface area contributed by atoms with Crippen LogP contribution in [0, 0.1) is 18.6 Å². The summed E-state index contributed by atoms with van der Waals surface area (Å²) in [6.45, 7) is 7.58. The van der Waals surface area contributed by atoms with E-state index in [9.17, 15) is 8.78 Å². The molecule has 0 saturated carbocycles. The molecule has 0 atom stereocenters. The van der Waals surface area contributed by atoms with Crippen LogP contribution < -0.4 is 5.19 Å². The van der Waals surface area contributed by atoms with Crippen LogP contribution in [0.4, 0.5) is 8.78 Å². The highest BCUT2D eigenvalue weighted by atomic mass is 28.3. The van der Waals surface area contributed by atoms with Crippen LogP contribution in [0.2, 0.25) is 19.6 Å². The molecule has 0 unspecified atom stereocenters. The lowest BCUT2D eigenvalue weighted by molar-refractivity contribution is 0.508. The third-order valence-electron chi connectivity index (χ3n) is 2.08. The molecular formula is C10H14F2Si. The average Bonchev–Trinajstić information content (AvgIpc) is 1.98. The Balaban J connectivity index is 3.35. The monoisotopic (exact) mass is 200 g/mol. The van der Waals surface area contributed by atoms with Crippen molar-refractivity contribution in [3.8, 4) is 0 Å². The van der Waals surface area contributed by atoms with Crippen LogP contribution in [0.25, 0.3) is 0 Å². The summed E-state index contributed by atoms with van der Waals surface area (Å²) < 4.78 is 26.6. The molecule has 0 nitrogen and oxygen atoms in total. The molecule has 3 heteroatoms. The summed E-state index contributed by atoms with van der Waals surface area (Å²) in [6, 6.07) is 3.35.